The molecule has 0 aromatic carbocycles. The van der Waals surface area contributed by atoms with Gasteiger partial charge in [-0.3, -0.25) is 0 Å². The van der Waals surface area contributed by atoms with E-state index in [1.54, 1.807) is 0 Å². The van der Waals surface area contributed by atoms with E-state index < -0.39 is 6.37 Å². The van der Waals surface area contributed by atoms with Gasteiger partial charge in [0.25, 0.3) is 0 Å². The zero-order valence-electron chi connectivity index (χ0n) is 10.3. The zero-order valence-corrected chi connectivity index (χ0v) is 8.32. The van der Waals surface area contributed by atoms with Crippen LogP contribution in [0.3, 0.4) is 0 Å². The van der Waals surface area contributed by atoms with E-state index in [0.29, 0.717) is 0 Å². The van der Waals surface area contributed by atoms with E-state index in [4.69, 9.17) is 2.74 Å². The van der Waals surface area contributed by atoms with E-state index in [-0.39, 0.29) is 5.92 Å². The van der Waals surface area contributed by atoms with E-state index in [1.807, 2.05) is 6.92 Å². The van der Waals surface area contributed by atoms with Gasteiger partial charge in [0, 0.05) is 2.74 Å². The van der Waals surface area contributed by atoms with Gasteiger partial charge in [-0.15, -0.1) is 0 Å². The highest BCUT2D eigenvalue weighted by Gasteiger charge is 1.97. The Bertz CT molecular complexity index is 121. The maximum atomic E-state index is 7.83. The summed E-state index contributed by atoms with van der Waals surface area (Å²) in [5.74, 6) is 0.203. The molecule has 0 radical (unpaired) electrons. The lowest BCUT2D eigenvalue weighted by Crippen LogP contribution is -1.91. The normalized spacial score (nSPS) is 17.4. The Labute approximate surface area is 75.2 Å². The fourth-order valence-electron chi connectivity index (χ4n) is 1.04. The summed E-state index contributed by atoms with van der Waals surface area (Å²) in [5, 5.41) is 0. The molecule has 0 heteroatoms. The fraction of sp³-hybridized carbons (Fsp3) is 1.00. The number of rotatable bonds is 7. The van der Waals surface area contributed by atoms with E-state index in [2.05, 4.69) is 13.8 Å². The summed E-state index contributed by atoms with van der Waals surface area (Å²) in [5.41, 5.74) is 0. The zero-order chi connectivity index (χ0) is 10.3. The highest BCUT2D eigenvalue weighted by Crippen LogP contribution is 2.13. The molecule has 0 N–H and O–H groups in total. The molecule has 1 atom stereocenters. The lowest BCUT2D eigenvalue weighted by Gasteiger charge is -2.06. The van der Waals surface area contributed by atoms with Gasteiger partial charge < -0.3 is 0 Å². The maximum absolute atomic E-state index is 7.83. The third-order valence-electron chi connectivity index (χ3n) is 2.14. The van der Waals surface area contributed by atoms with Crippen LogP contribution < -0.4 is 0 Å². The standard InChI is InChI=1S/C11H24/c1-4-6-7-8-9-10-11(3)5-2/h11H,4-10H2,1-3H3/i10D2. The van der Waals surface area contributed by atoms with E-state index in [9.17, 15) is 0 Å². The topological polar surface area (TPSA) is 0 Å². The minimum atomic E-state index is -0.942. The first-order valence-electron chi connectivity index (χ1n) is 6.04. The quantitative estimate of drug-likeness (QED) is 0.482. The smallest absolute Gasteiger partial charge is 0.0269 e. The van der Waals surface area contributed by atoms with Crippen molar-refractivity contribution >= 4 is 0 Å². The van der Waals surface area contributed by atoms with Crippen molar-refractivity contribution in [2.75, 3.05) is 0 Å². The molecule has 0 saturated heterocycles. The molecule has 0 spiro atoms. The van der Waals surface area contributed by atoms with Crippen molar-refractivity contribution in [2.24, 2.45) is 5.92 Å². The van der Waals surface area contributed by atoms with E-state index >= 15 is 0 Å². The first-order valence-corrected chi connectivity index (χ1v) is 5.04. The molecular weight excluding hydrogens is 132 g/mol. The molecule has 0 nitrogen and oxygen atoms in total. The molecule has 0 rings (SSSR count). The average molecular weight is 158 g/mol. The summed E-state index contributed by atoms with van der Waals surface area (Å²) >= 11 is 0. The molecular formula is C11H24. The molecule has 0 aromatic rings. The third kappa shape index (κ3) is 7.90. The van der Waals surface area contributed by atoms with Gasteiger partial charge in [0.05, 0.1) is 0 Å². The second kappa shape index (κ2) is 8.10. The van der Waals surface area contributed by atoms with Gasteiger partial charge in [0.2, 0.25) is 0 Å². The molecule has 0 fully saturated rings. The Morgan fingerprint density at radius 1 is 1.09 bits per heavy atom. The largest absolute Gasteiger partial charge is 0.0654 e. The molecule has 0 saturated carbocycles. The van der Waals surface area contributed by atoms with Gasteiger partial charge in [0.1, 0.15) is 0 Å². The third-order valence-corrected chi connectivity index (χ3v) is 2.14. The van der Waals surface area contributed by atoms with Gasteiger partial charge in [-0.1, -0.05) is 65.7 Å². The van der Waals surface area contributed by atoms with Gasteiger partial charge in [-0.2, -0.15) is 0 Å². The molecule has 0 aliphatic carbocycles. The van der Waals surface area contributed by atoms with Crippen LogP contribution >= 0.6 is 0 Å². The van der Waals surface area contributed by atoms with Crippen LogP contribution in [0.5, 0.6) is 0 Å². The molecule has 0 amide bonds. The Morgan fingerprint density at radius 3 is 2.27 bits per heavy atom. The van der Waals surface area contributed by atoms with Gasteiger partial charge in [0.15, 0.2) is 0 Å². The van der Waals surface area contributed by atoms with Crippen LogP contribution in [-0.2, 0) is 0 Å². The summed E-state index contributed by atoms with van der Waals surface area (Å²) < 4.78 is 15.7. The van der Waals surface area contributed by atoms with Crippen molar-refractivity contribution in [1.82, 2.24) is 0 Å². The Morgan fingerprint density at radius 2 is 1.73 bits per heavy atom. The molecule has 1 unspecified atom stereocenters. The Kier molecular flexibility index (Phi) is 5.62. The van der Waals surface area contributed by atoms with E-state index in [0.717, 1.165) is 19.3 Å². The van der Waals surface area contributed by atoms with Crippen LogP contribution in [0.4, 0.5) is 0 Å². The number of unbranched alkanes of at least 4 members (excludes halogenated alkanes) is 3. The van der Waals surface area contributed by atoms with Crippen molar-refractivity contribution < 1.29 is 2.74 Å². The predicted octanol–water partition coefficient (Wildman–Crippen LogP) is 4.39. The van der Waals surface area contributed by atoms with Gasteiger partial charge >= 0.3 is 0 Å². The van der Waals surface area contributed by atoms with Crippen molar-refractivity contribution in [3.8, 4) is 0 Å². The maximum Gasteiger partial charge on any atom is 0.0269 e. The van der Waals surface area contributed by atoms with Crippen LogP contribution in [0.1, 0.15) is 68.4 Å². The first kappa shape index (κ1) is 7.64. The summed E-state index contributed by atoms with van der Waals surface area (Å²) in [6, 6.07) is 0. The van der Waals surface area contributed by atoms with Crippen LogP contribution in [0.15, 0.2) is 0 Å². The minimum Gasteiger partial charge on any atom is -0.0654 e. The van der Waals surface area contributed by atoms with Crippen molar-refractivity contribution in [3.05, 3.63) is 0 Å². The number of hydrogen-bond acceptors (Lipinski definition) is 0. The summed E-state index contributed by atoms with van der Waals surface area (Å²) in [7, 11) is 0. The first-order chi connectivity index (χ1) is 6.04. The molecule has 0 bridgehead atoms. The summed E-state index contributed by atoms with van der Waals surface area (Å²) in [6.45, 7) is 6.26. The molecule has 0 aromatic heterocycles. The Balaban J connectivity index is 3.62. The van der Waals surface area contributed by atoms with E-state index in [1.165, 1.54) is 19.3 Å². The van der Waals surface area contributed by atoms with Crippen molar-refractivity contribution in [2.45, 2.75) is 65.7 Å². The SMILES string of the molecule is [2H]C([2H])(CCCCCC)C(C)CC. The van der Waals surface area contributed by atoms with Crippen molar-refractivity contribution in [1.29, 1.82) is 0 Å². The van der Waals surface area contributed by atoms with Crippen molar-refractivity contribution in [3.63, 3.8) is 0 Å². The summed E-state index contributed by atoms with van der Waals surface area (Å²) in [4.78, 5) is 0. The highest BCUT2D eigenvalue weighted by molar-refractivity contribution is 4.50. The molecule has 0 aliphatic rings. The second-order valence-corrected chi connectivity index (χ2v) is 3.32. The summed E-state index contributed by atoms with van der Waals surface area (Å²) in [6.07, 6.45) is 5.45. The molecule has 0 heterocycles. The Hall–Kier alpha value is 0. The molecule has 0 aliphatic heterocycles. The molecule has 68 valence electrons. The number of hydrogen-bond donors (Lipinski definition) is 0. The lowest BCUT2D eigenvalue weighted by molar-refractivity contribution is 0.474. The highest BCUT2D eigenvalue weighted by atomic mass is 14.0. The fourth-order valence-corrected chi connectivity index (χ4v) is 1.04. The van der Waals surface area contributed by atoms with Crippen LogP contribution in [0, 0.1) is 5.92 Å². The second-order valence-electron chi connectivity index (χ2n) is 3.32. The van der Waals surface area contributed by atoms with Crippen LogP contribution in [-0.4, -0.2) is 0 Å². The van der Waals surface area contributed by atoms with Crippen LogP contribution in [0.2, 0.25) is 0 Å². The average Bonchev–Trinajstić information content (AvgIpc) is 2.11. The van der Waals surface area contributed by atoms with Crippen LogP contribution in [0.25, 0.3) is 0 Å². The van der Waals surface area contributed by atoms with Gasteiger partial charge in [-0.05, 0) is 5.92 Å². The lowest BCUT2D eigenvalue weighted by atomic mass is 10.0. The van der Waals surface area contributed by atoms with Gasteiger partial charge in [-0.25, -0.2) is 0 Å². The minimum absolute atomic E-state index is 0.203. The predicted molar refractivity (Wildman–Crippen MR) is 52.8 cm³/mol. The molecule has 11 heavy (non-hydrogen) atoms. The monoisotopic (exact) mass is 158 g/mol.